The quantitative estimate of drug-likeness (QED) is 0.698. The minimum Gasteiger partial charge on any atom is -0.497 e. The Morgan fingerprint density at radius 1 is 1.22 bits per heavy atom. The van der Waals surface area contributed by atoms with Gasteiger partial charge in [-0.25, -0.2) is 0 Å². The Balaban J connectivity index is 2.05. The molecule has 0 aliphatic heterocycles. The molecule has 1 aliphatic rings. The molecular weight excluding hydrogens is 288 g/mol. The van der Waals surface area contributed by atoms with Crippen LogP contribution in [0.4, 0.5) is 0 Å². The monoisotopic (exact) mass is 316 g/mol. The highest BCUT2D eigenvalue weighted by Gasteiger charge is 2.43. The summed E-state index contributed by atoms with van der Waals surface area (Å²) in [5.74, 6) is 1.11. The van der Waals surface area contributed by atoms with Gasteiger partial charge in [-0.1, -0.05) is 50.3 Å². The Hall–Kier alpha value is -1.58. The zero-order valence-corrected chi connectivity index (χ0v) is 14.7. The molecule has 0 amide bonds. The highest BCUT2D eigenvalue weighted by molar-refractivity contribution is 5.27. The molecule has 0 spiro atoms. The highest BCUT2D eigenvalue weighted by atomic mass is 16.5. The SMILES string of the molecule is C=C1CC(C)(C)[C@H](OCc2ccc(OC)cc2)[C@H]1/C=C/COC. The molecule has 1 saturated carbocycles. The van der Waals surface area contributed by atoms with Crippen molar-refractivity contribution in [2.75, 3.05) is 20.8 Å². The summed E-state index contributed by atoms with van der Waals surface area (Å²) in [6.45, 7) is 9.97. The Morgan fingerprint density at radius 2 is 1.91 bits per heavy atom. The zero-order chi connectivity index (χ0) is 16.9. The maximum atomic E-state index is 6.30. The van der Waals surface area contributed by atoms with Crippen LogP contribution < -0.4 is 4.74 Å². The smallest absolute Gasteiger partial charge is 0.118 e. The fraction of sp³-hybridized carbons (Fsp3) is 0.500. The Kier molecular flexibility index (Phi) is 6.03. The van der Waals surface area contributed by atoms with Crippen molar-refractivity contribution in [1.82, 2.24) is 0 Å². The van der Waals surface area contributed by atoms with Gasteiger partial charge in [0.05, 0.1) is 26.4 Å². The number of ether oxygens (including phenoxy) is 3. The summed E-state index contributed by atoms with van der Waals surface area (Å²) in [5, 5.41) is 0. The Bertz CT molecular complexity index is 543. The third-order valence-corrected chi connectivity index (χ3v) is 4.45. The van der Waals surface area contributed by atoms with Gasteiger partial charge in [0.1, 0.15) is 5.75 Å². The number of methoxy groups -OCH3 is 2. The minimum atomic E-state index is 0.0889. The maximum absolute atomic E-state index is 6.30. The van der Waals surface area contributed by atoms with Crippen LogP contribution >= 0.6 is 0 Å². The minimum absolute atomic E-state index is 0.0889. The molecule has 1 fully saturated rings. The van der Waals surface area contributed by atoms with Gasteiger partial charge in [-0.15, -0.1) is 0 Å². The zero-order valence-electron chi connectivity index (χ0n) is 14.7. The lowest BCUT2D eigenvalue weighted by Gasteiger charge is -2.29. The number of benzene rings is 1. The highest BCUT2D eigenvalue weighted by Crippen LogP contribution is 2.47. The lowest BCUT2D eigenvalue weighted by Crippen LogP contribution is -2.30. The van der Waals surface area contributed by atoms with Crippen molar-refractivity contribution in [1.29, 1.82) is 0 Å². The average molecular weight is 316 g/mol. The van der Waals surface area contributed by atoms with Gasteiger partial charge in [0.2, 0.25) is 0 Å². The second-order valence-corrected chi connectivity index (χ2v) is 6.81. The molecule has 1 aromatic carbocycles. The van der Waals surface area contributed by atoms with Crippen molar-refractivity contribution < 1.29 is 14.2 Å². The molecule has 0 radical (unpaired) electrons. The van der Waals surface area contributed by atoms with Gasteiger partial charge in [-0.3, -0.25) is 0 Å². The van der Waals surface area contributed by atoms with Gasteiger partial charge in [-0.05, 0) is 29.5 Å². The van der Waals surface area contributed by atoms with Crippen molar-refractivity contribution in [3.8, 4) is 5.75 Å². The van der Waals surface area contributed by atoms with Gasteiger partial charge < -0.3 is 14.2 Å². The van der Waals surface area contributed by atoms with E-state index in [1.165, 1.54) is 5.57 Å². The van der Waals surface area contributed by atoms with Crippen LogP contribution in [0.3, 0.4) is 0 Å². The molecular formula is C20H28O3. The molecule has 3 heteroatoms. The maximum Gasteiger partial charge on any atom is 0.118 e. The van der Waals surface area contributed by atoms with Crippen LogP contribution in [0.25, 0.3) is 0 Å². The molecule has 0 N–H and O–H groups in total. The van der Waals surface area contributed by atoms with E-state index in [0.717, 1.165) is 17.7 Å². The van der Waals surface area contributed by atoms with Crippen molar-refractivity contribution in [2.45, 2.75) is 33.0 Å². The van der Waals surface area contributed by atoms with Crippen LogP contribution in [0.15, 0.2) is 48.6 Å². The molecule has 23 heavy (non-hydrogen) atoms. The lowest BCUT2D eigenvalue weighted by atomic mass is 9.87. The summed E-state index contributed by atoms with van der Waals surface area (Å²) in [7, 11) is 3.38. The van der Waals surface area contributed by atoms with Crippen molar-refractivity contribution in [3.05, 3.63) is 54.1 Å². The largest absolute Gasteiger partial charge is 0.497 e. The molecule has 2 atom stereocenters. The predicted molar refractivity (Wildman–Crippen MR) is 93.6 cm³/mol. The first-order valence-corrected chi connectivity index (χ1v) is 8.05. The molecule has 2 rings (SSSR count). The second-order valence-electron chi connectivity index (χ2n) is 6.81. The van der Waals surface area contributed by atoms with Crippen molar-refractivity contribution in [2.24, 2.45) is 11.3 Å². The van der Waals surface area contributed by atoms with Gasteiger partial charge >= 0.3 is 0 Å². The van der Waals surface area contributed by atoms with Crippen LogP contribution in [0.2, 0.25) is 0 Å². The van der Waals surface area contributed by atoms with Crippen LogP contribution in [0.5, 0.6) is 5.75 Å². The third kappa shape index (κ3) is 4.46. The van der Waals surface area contributed by atoms with E-state index in [-0.39, 0.29) is 17.4 Å². The van der Waals surface area contributed by atoms with Crippen molar-refractivity contribution in [3.63, 3.8) is 0 Å². The van der Waals surface area contributed by atoms with E-state index < -0.39 is 0 Å². The summed E-state index contributed by atoms with van der Waals surface area (Å²) >= 11 is 0. The average Bonchev–Trinajstić information content (AvgIpc) is 2.74. The van der Waals surface area contributed by atoms with E-state index in [0.29, 0.717) is 13.2 Å². The number of hydrogen-bond donors (Lipinski definition) is 0. The molecule has 0 aromatic heterocycles. The Labute approximate surface area is 139 Å². The summed E-state index contributed by atoms with van der Waals surface area (Å²) in [4.78, 5) is 0. The van der Waals surface area contributed by atoms with Crippen molar-refractivity contribution >= 4 is 0 Å². The van der Waals surface area contributed by atoms with Crippen LogP contribution in [-0.4, -0.2) is 26.9 Å². The summed E-state index contributed by atoms with van der Waals surface area (Å²) < 4.78 is 16.6. The topological polar surface area (TPSA) is 27.7 Å². The fourth-order valence-electron chi connectivity index (χ4n) is 3.28. The van der Waals surface area contributed by atoms with E-state index in [2.05, 4.69) is 32.6 Å². The van der Waals surface area contributed by atoms with E-state index >= 15 is 0 Å². The molecule has 0 saturated heterocycles. The number of hydrogen-bond acceptors (Lipinski definition) is 3. The molecule has 0 unspecified atom stereocenters. The molecule has 1 aromatic rings. The summed E-state index contributed by atoms with van der Waals surface area (Å²) in [6.07, 6.45) is 5.35. The van der Waals surface area contributed by atoms with Gasteiger partial charge in [0, 0.05) is 13.0 Å². The van der Waals surface area contributed by atoms with Crippen LogP contribution in [0.1, 0.15) is 25.8 Å². The predicted octanol–water partition coefficient (Wildman–Crippen LogP) is 4.39. The van der Waals surface area contributed by atoms with E-state index in [4.69, 9.17) is 14.2 Å². The first-order chi connectivity index (χ1) is 11.0. The molecule has 0 bridgehead atoms. The van der Waals surface area contributed by atoms with Gasteiger partial charge in [0.15, 0.2) is 0 Å². The summed E-state index contributed by atoms with van der Waals surface area (Å²) in [5.41, 5.74) is 2.48. The fourth-order valence-corrected chi connectivity index (χ4v) is 3.28. The van der Waals surface area contributed by atoms with E-state index in [1.807, 2.05) is 24.3 Å². The van der Waals surface area contributed by atoms with E-state index in [1.54, 1.807) is 14.2 Å². The van der Waals surface area contributed by atoms with Crippen LogP contribution in [-0.2, 0) is 16.1 Å². The first-order valence-electron chi connectivity index (χ1n) is 8.05. The second kappa shape index (κ2) is 7.80. The van der Waals surface area contributed by atoms with Crippen LogP contribution in [0, 0.1) is 11.3 Å². The lowest BCUT2D eigenvalue weighted by molar-refractivity contribution is -0.0307. The van der Waals surface area contributed by atoms with Gasteiger partial charge in [-0.2, -0.15) is 0 Å². The molecule has 3 nitrogen and oxygen atoms in total. The molecule has 1 aliphatic carbocycles. The Morgan fingerprint density at radius 3 is 2.52 bits per heavy atom. The molecule has 0 heterocycles. The first kappa shape index (κ1) is 17.8. The third-order valence-electron chi connectivity index (χ3n) is 4.45. The summed E-state index contributed by atoms with van der Waals surface area (Å²) in [6, 6.07) is 8.03. The standard InChI is InChI=1S/C20H28O3/c1-15-13-20(2,3)19(18(15)7-6-12-21-4)23-14-16-8-10-17(22-5)11-9-16/h6-11,18-19H,1,12-14H2,2-5H3/b7-6+/t18-,19+/m0/s1. The normalized spacial score (nSPS) is 23.6. The number of rotatable bonds is 7. The van der Waals surface area contributed by atoms with Gasteiger partial charge in [0.25, 0.3) is 0 Å². The van der Waals surface area contributed by atoms with E-state index in [9.17, 15) is 0 Å². The molecule has 126 valence electrons.